The van der Waals surface area contributed by atoms with E-state index in [-0.39, 0.29) is 5.91 Å². The van der Waals surface area contributed by atoms with Crippen molar-refractivity contribution in [3.8, 4) is 22.7 Å². The standard InChI is InChI=1S/C22H21N5O2/c1-26-19(13-17(25-26)20-9-6-12-29-20)22(28)24-16-8-3-2-7-15(16)18-14-27-11-5-4-10-21(27)23-18/h2-3,6-9,12-14H,4-5,10-11H2,1H3,(H,24,28). The van der Waals surface area contributed by atoms with Crippen molar-refractivity contribution in [2.75, 3.05) is 5.32 Å². The van der Waals surface area contributed by atoms with Gasteiger partial charge in [-0.2, -0.15) is 5.10 Å². The van der Waals surface area contributed by atoms with Crippen LogP contribution in [0.4, 0.5) is 5.69 Å². The Labute approximate surface area is 168 Å². The summed E-state index contributed by atoms with van der Waals surface area (Å²) in [6.07, 6.45) is 7.02. The largest absolute Gasteiger partial charge is 0.463 e. The number of imidazole rings is 1. The molecule has 4 aromatic rings. The Morgan fingerprint density at radius 2 is 2.03 bits per heavy atom. The molecule has 0 unspecified atom stereocenters. The summed E-state index contributed by atoms with van der Waals surface area (Å²) in [7, 11) is 1.75. The van der Waals surface area contributed by atoms with E-state index in [1.165, 1.54) is 12.8 Å². The van der Waals surface area contributed by atoms with Crippen molar-refractivity contribution in [2.45, 2.75) is 25.8 Å². The van der Waals surface area contributed by atoms with Gasteiger partial charge in [0.2, 0.25) is 0 Å². The second kappa shape index (κ2) is 7.09. The summed E-state index contributed by atoms with van der Waals surface area (Å²) in [5, 5.41) is 7.41. The van der Waals surface area contributed by atoms with Gasteiger partial charge in [0.1, 0.15) is 17.2 Å². The highest BCUT2D eigenvalue weighted by Gasteiger charge is 2.19. The summed E-state index contributed by atoms with van der Waals surface area (Å²) < 4.78 is 9.16. The zero-order valence-corrected chi connectivity index (χ0v) is 16.1. The van der Waals surface area contributed by atoms with Crippen molar-refractivity contribution in [2.24, 2.45) is 7.05 Å². The van der Waals surface area contributed by atoms with Crippen molar-refractivity contribution in [1.82, 2.24) is 19.3 Å². The zero-order valence-electron chi connectivity index (χ0n) is 16.1. The summed E-state index contributed by atoms with van der Waals surface area (Å²) in [4.78, 5) is 17.8. The fourth-order valence-corrected chi connectivity index (χ4v) is 3.77. The monoisotopic (exact) mass is 387 g/mol. The maximum Gasteiger partial charge on any atom is 0.273 e. The number of hydrogen-bond acceptors (Lipinski definition) is 4. The molecule has 4 heterocycles. The van der Waals surface area contributed by atoms with E-state index in [4.69, 9.17) is 9.40 Å². The Bertz CT molecular complexity index is 1150. The predicted molar refractivity (Wildman–Crippen MR) is 109 cm³/mol. The predicted octanol–water partition coefficient (Wildman–Crippen LogP) is 4.13. The number of anilines is 1. The van der Waals surface area contributed by atoms with E-state index in [1.54, 1.807) is 30.1 Å². The molecule has 0 spiro atoms. The number of rotatable bonds is 4. The highest BCUT2D eigenvalue weighted by atomic mass is 16.3. The van der Waals surface area contributed by atoms with E-state index in [9.17, 15) is 4.79 Å². The Morgan fingerprint density at radius 1 is 1.14 bits per heavy atom. The molecule has 1 aliphatic heterocycles. The first kappa shape index (κ1) is 17.5. The molecular formula is C22H21N5O2. The van der Waals surface area contributed by atoms with Crippen molar-refractivity contribution in [3.05, 3.63) is 66.4 Å². The molecule has 146 valence electrons. The third kappa shape index (κ3) is 3.24. The van der Waals surface area contributed by atoms with Crippen molar-refractivity contribution in [1.29, 1.82) is 0 Å². The van der Waals surface area contributed by atoms with E-state index < -0.39 is 0 Å². The highest BCUT2D eigenvalue weighted by molar-refractivity contribution is 6.05. The summed E-state index contributed by atoms with van der Waals surface area (Å²) in [5.41, 5.74) is 3.61. The van der Waals surface area contributed by atoms with Crippen LogP contribution < -0.4 is 5.32 Å². The second-order valence-corrected chi connectivity index (χ2v) is 7.21. The first-order valence-corrected chi connectivity index (χ1v) is 9.74. The van der Waals surface area contributed by atoms with Gasteiger partial charge in [0.15, 0.2) is 5.76 Å². The number of fused-ring (bicyclic) bond motifs is 1. The number of carbonyl (C=O) groups excluding carboxylic acids is 1. The van der Waals surface area contributed by atoms with Crippen LogP contribution in [-0.2, 0) is 20.0 Å². The SMILES string of the molecule is Cn1nc(-c2ccco2)cc1C(=O)Nc1ccccc1-c1cn2c(n1)CCCC2. The van der Waals surface area contributed by atoms with Crippen molar-refractivity contribution >= 4 is 11.6 Å². The van der Waals surface area contributed by atoms with Crippen LogP contribution in [-0.4, -0.2) is 25.2 Å². The Balaban J connectivity index is 1.44. The first-order valence-electron chi connectivity index (χ1n) is 9.74. The van der Waals surface area contributed by atoms with Gasteiger partial charge >= 0.3 is 0 Å². The summed E-state index contributed by atoms with van der Waals surface area (Å²) in [6.45, 7) is 1.00. The maximum atomic E-state index is 13.0. The summed E-state index contributed by atoms with van der Waals surface area (Å²) >= 11 is 0. The molecule has 1 aliphatic rings. The molecule has 5 rings (SSSR count). The van der Waals surface area contributed by atoms with Crippen LogP contribution in [0.2, 0.25) is 0 Å². The molecular weight excluding hydrogens is 366 g/mol. The van der Waals surface area contributed by atoms with Gasteiger partial charge in [-0.15, -0.1) is 0 Å². The van der Waals surface area contributed by atoms with E-state index in [0.29, 0.717) is 17.1 Å². The van der Waals surface area contributed by atoms with Crippen LogP contribution in [0.25, 0.3) is 22.7 Å². The number of para-hydroxylation sites is 1. The molecule has 0 fully saturated rings. The molecule has 1 amide bonds. The topological polar surface area (TPSA) is 77.9 Å². The molecule has 3 aromatic heterocycles. The molecule has 0 bridgehead atoms. The van der Waals surface area contributed by atoms with E-state index in [0.717, 1.165) is 35.7 Å². The van der Waals surface area contributed by atoms with Gasteiger partial charge in [0.25, 0.3) is 5.91 Å². The fraction of sp³-hybridized carbons (Fsp3) is 0.227. The first-order chi connectivity index (χ1) is 14.2. The molecule has 29 heavy (non-hydrogen) atoms. The van der Waals surface area contributed by atoms with Gasteiger partial charge in [-0.25, -0.2) is 4.98 Å². The van der Waals surface area contributed by atoms with E-state index in [1.807, 2.05) is 30.3 Å². The fourth-order valence-electron chi connectivity index (χ4n) is 3.77. The zero-order chi connectivity index (χ0) is 19.8. The molecule has 1 aromatic carbocycles. The van der Waals surface area contributed by atoms with Gasteiger partial charge < -0.3 is 14.3 Å². The highest BCUT2D eigenvalue weighted by Crippen LogP contribution is 2.29. The van der Waals surface area contributed by atoms with Crippen LogP contribution in [0, 0.1) is 0 Å². The van der Waals surface area contributed by atoms with Gasteiger partial charge in [-0.3, -0.25) is 9.48 Å². The number of benzene rings is 1. The Morgan fingerprint density at radius 3 is 2.86 bits per heavy atom. The van der Waals surface area contributed by atoms with Crippen LogP contribution in [0.3, 0.4) is 0 Å². The average Bonchev–Trinajstić information content (AvgIpc) is 3.47. The lowest BCUT2D eigenvalue weighted by atomic mass is 10.1. The molecule has 7 nitrogen and oxygen atoms in total. The lowest BCUT2D eigenvalue weighted by Crippen LogP contribution is -2.16. The number of aryl methyl sites for hydroxylation is 3. The van der Waals surface area contributed by atoms with E-state index >= 15 is 0 Å². The number of carbonyl (C=O) groups is 1. The molecule has 0 saturated carbocycles. The molecule has 0 aliphatic carbocycles. The quantitative estimate of drug-likeness (QED) is 0.571. The van der Waals surface area contributed by atoms with Crippen LogP contribution in [0.15, 0.2) is 59.3 Å². The summed E-state index contributed by atoms with van der Waals surface area (Å²) in [5.74, 6) is 1.51. The number of nitrogens with one attached hydrogen (secondary N) is 1. The van der Waals surface area contributed by atoms with Gasteiger partial charge in [0.05, 0.1) is 17.6 Å². The Kier molecular flexibility index (Phi) is 4.27. The van der Waals surface area contributed by atoms with Gasteiger partial charge in [-0.05, 0) is 31.0 Å². The molecule has 0 atom stereocenters. The van der Waals surface area contributed by atoms with Gasteiger partial charge in [-0.1, -0.05) is 18.2 Å². The number of amides is 1. The minimum absolute atomic E-state index is 0.228. The van der Waals surface area contributed by atoms with Gasteiger partial charge in [0, 0.05) is 37.8 Å². The lowest BCUT2D eigenvalue weighted by Gasteiger charge is -2.11. The van der Waals surface area contributed by atoms with Crippen molar-refractivity contribution < 1.29 is 9.21 Å². The molecule has 1 N–H and O–H groups in total. The molecule has 0 radical (unpaired) electrons. The van der Waals surface area contributed by atoms with E-state index in [2.05, 4.69) is 21.2 Å². The number of furan rings is 1. The minimum atomic E-state index is -0.228. The summed E-state index contributed by atoms with van der Waals surface area (Å²) in [6, 6.07) is 13.1. The lowest BCUT2D eigenvalue weighted by molar-refractivity contribution is 0.101. The number of aromatic nitrogens is 4. The molecule has 7 heteroatoms. The maximum absolute atomic E-state index is 13.0. The number of nitrogens with zero attached hydrogens (tertiary/aromatic N) is 4. The Hall–Kier alpha value is -3.61. The molecule has 0 saturated heterocycles. The van der Waals surface area contributed by atoms with Crippen molar-refractivity contribution in [3.63, 3.8) is 0 Å². The number of hydrogen-bond donors (Lipinski definition) is 1. The van der Waals surface area contributed by atoms with Crippen LogP contribution in [0.1, 0.15) is 29.2 Å². The average molecular weight is 387 g/mol. The van der Waals surface area contributed by atoms with Crippen LogP contribution in [0.5, 0.6) is 0 Å². The normalized spacial score (nSPS) is 13.3. The minimum Gasteiger partial charge on any atom is -0.463 e. The third-order valence-corrected chi connectivity index (χ3v) is 5.25. The third-order valence-electron chi connectivity index (χ3n) is 5.25. The smallest absolute Gasteiger partial charge is 0.273 e. The van der Waals surface area contributed by atoms with Crippen LogP contribution >= 0.6 is 0 Å². The second-order valence-electron chi connectivity index (χ2n) is 7.21.